The third-order valence-corrected chi connectivity index (χ3v) is 6.19. The minimum atomic E-state index is -0.278. The fraction of sp³-hybridized carbons (Fsp3) is 0.778. The highest BCUT2D eigenvalue weighted by Gasteiger charge is 2.51. The molecule has 3 aliphatic rings. The van der Waals surface area contributed by atoms with E-state index in [0.717, 1.165) is 12.8 Å². The molecule has 0 N–H and O–H groups in total. The van der Waals surface area contributed by atoms with Crippen LogP contribution in [0, 0.1) is 0 Å². The molecule has 2 heterocycles. The highest BCUT2D eigenvalue weighted by atomic mass is 16.7. The van der Waals surface area contributed by atoms with Gasteiger partial charge in [-0.05, 0) is 68.2 Å². The molecule has 1 saturated carbocycles. The van der Waals surface area contributed by atoms with Gasteiger partial charge in [0.1, 0.15) is 0 Å². The largest absolute Gasteiger partial charge is 0.487 e. The van der Waals surface area contributed by atoms with Crippen LogP contribution in [-0.4, -0.2) is 36.6 Å². The molecule has 0 aromatic rings. The molecule has 24 heavy (non-hydrogen) atoms. The van der Waals surface area contributed by atoms with E-state index in [4.69, 9.17) is 18.6 Å². The molecule has 2 saturated heterocycles. The monoisotopic (exact) mass is 332 g/mol. The molecule has 0 atom stereocenters. The second kappa shape index (κ2) is 5.47. The predicted molar refractivity (Wildman–Crippen MR) is 97.6 cm³/mol. The van der Waals surface area contributed by atoms with Gasteiger partial charge in [-0.3, -0.25) is 0 Å². The lowest BCUT2D eigenvalue weighted by Crippen LogP contribution is -2.41. The maximum absolute atomic E-state index is 6.03. The normalized spacial score (nSPS) is 29.7. The van der Waals surface area contributed by atoms with Gasteiger partial charge in [-0.15, -0.1) is 0 Å². The molecule has 1 aliphatic carbocycles. The third-order valence-electron chi connectivity index (χ3n) is 6.19. The van der Waals surface area contributed by atoms with Gasteiger partial charge in [0.25, 0.3) is 0 Å². The van der Waals surface area contributed by atoms with Crippen LogP contribution in [0.1, 0.15) is 68.2 Å². The Balaban J connectivity index is 1.57. The highest BCUT2D eigenvalue weighted by Crippen LogP contribution is 2.41. The van der Waals surface area contributed by atoms with Crippen LogP contribution in [0.5, 0.6) is 0 Å². The van der Waals surface area contributed by atoms with Crippen LogP contribution < -0.4 is 0 Å². The first-order valence-electron chi connectivity index (χ1n) is 8.92. The number of hydrogen-bond donors (Lipinski definition) is 0. The lowest BCUT2D eigenvalue weighted by atomic mass is 9.73. The minimum absolute atomic E-state index is 0.247. The molecule has 0 unspecified atom stereocenters. The molecular weight excluding hydrogens is 302 g/mol. The van der Waals surface area contributed by atoms with Gasteiger partial charge in [0.05, 0.1) is 22.4 Å². The zero-order valence-electron chi connectivity index (χ0n) is 16.4. The molecule has 0 aromatic carbocycles. The second-order valence-electron chi connectivity index (χ2n) is 9.25. The van der Waals surface area contributed by atoms with Crippen molar-refractivity contribution in [3.63, 3.8) is 0 Å². The maximum Gasteiger partial charge on any atom is 0.487 e. The van der Waals surface area contributed by atoms with E-state index < -0.39 is 0 Å². The summed E-state index contributed by atoms with van der Waals surface area (Å²) in [6, 6.07) is 0. The first-order chi connectivity index (χ1) is 10.8. The molecule has 6 heteroatoms. The van der Waals surface area contributed by atoms with Gasteiger partial charge in [0.2, 0.25) is 0 Å². The van der Waals surface area contributed by atoms with Crippen molar-refractivity contribution in [2.45, 2.75) is 90.6 Å². The SMILES string of the molecule is CC1(C)OB(C=C2CC(=CB3OC(C)(C)C(C)(C)O3)C2)OC1(C)C. The molecule has 3 fully saturated rings. The average Bonchev–Trinajstić information content (AvgIpc) is 2.65. The van der Waals surface area contributed by atoms with Crippen molar-refractivity contribution >= 4 is 14.2 Å². The summed E-state index contributed by atoms with van der Waals surface area (Å²) in [5.74, 6) is 4.25. The summed E-state index contributed by atoms with van der Waals surface area (Å²) in [5.41, 5.74) is 1.60. The zero-order valence-corrected chi connectivity index (χ0v) is 16.4. The summed E-state index contributed by atoms with van der Waals surface area (Å²) >= 11 is 0. The predicted octanol–water partition coefficient (Wildman–Crippen LogP) is 3.90. The van der Waals surface area contributed by atoms with Crippen LogP contribution in [-0.2, 0) is 18.6 Å². The highest BCUT2D eigenvalue weighted by molar-refractivity contribution is 6.52. The van der Waals surface area contributed by atoms with Gasteiger partial charge < -0.3 is 18.6 Å². The van der Waals surface area contributed by atoms with E-state index in [2.05, 4.69) is 67.3 Å². The van der Waals surface area contributed by atoms with Gasteiger partial charge in [0, 0.05) is 0 Å². The Morgan fingerprint density at radius 3 is 1.08 bits per heavy atom. The topological polar surface area (TPSA) is 36.9 Å². The Labute approximate surface area is 147 Å². The van der Waals surface area contributed by atoms with Crippen molar-refractivity contribution in [1.82, 2.24) is 0 Å². The molecule has 3 rings (SSSR count). The van der Waals surface area contributed by atoms with Gasteiger partial charge in [-0.25, -0.2) is 0 Å². The van der Waals surface area contributed by atoms with Crippen molar-refractivity contribution in [2.24, 2.45) is 0 Å². The van der Waals surface area contributed by atoms with Crippen LogP contribution in [0.15, 0.2) is 23.1 Å². The van der Waals surface area contributed by atoms with E-state index in [1.54, 1.807) is 0 Å². The molecular formula is C18H30B2O4. The Bertz CT molecular complexity index is 498. The van der Waals surface area contributed by atoms with E-state index in [9.17, 15) is 0 Å². The van der Waals surface area contributed by atoms with Crippen LogP contribution in [0.2, 0.25) is 0 Å². The average molecular weight is 332 g/mol. The first-order valence-corrected chi connectivity index (χ1v) is 8.92. The van der Waals surface area contributed by atoms with E-state index in [0.29, 0.717) is 0 Å². The van der Waals surface area contributed by atoms with Gasteiger partial charge >= 0.3 is 14.2 Å². The third kappa shape index (κ3) is 3.14. The fourth-order valence-corrected chi connectivity index (χ4v) is 3.07. The summed E-state index contributed by atoms with van der Waals surface area (Å²) in [7, 11) is -0.494. The van der Waals surface area contributed by atoms with Crippen molar-refractivity contribution in [1.29, 1.82) is 0 Å². The van der Waals surface area contributed by atoms with Crippen LogP contribution >= 0.6 is 0 Å². The molecule has 0 amide bonds. The summed E-state index contributed by atoms with van der Waals surface area (Å²) < 4.78 is 24.1. The van der Waals surface area contributed by atoms with Crippen molar-refractivity contribution in [2.75, 3.05) is 0 Å². The van der Waals surface area contributed by atoms with Gasteiger partial charge in [-0.2, -0.15) is 0 Å². The lowest BCUT2D eigenvalue weighted by molar-refractivity contribution is 0.00578. The first kappa shape index (κ1) is 18.2. The quantitative estimate of drug-likeness (QED) is 0.719. The fourth-order valence-electron chi connectivity index (χ4n) is 3.07. The molecule has 0 aromatic heterocycles. The van der Waals surface area contributed by atoms with Crippen LogP contribution in [0.4, 0.5) is 0 Å². The van der Waals surface area contributed by atoms with Crippen molar-refractivity contribution < 1.29 is 18.6 Å². The van der Waals surface area contributed by atoms with Crippen LogP contribution in [0.25, 0.3) is 0 Å². The summed E-state index contributed by atoms with van der Waals surface area (Å²) in [6.45, 7) is 16.6. The maximum atomic E-state index is 6.03. The minimum Gasteiger partial charge on any atom is -0.400 e. The Hall–Kier alpha value is -0.550. The number of allylic oxidation sites excluding steroid dienone is 2. The molecule has 4 nitrogen and oxygen atoms in total. The Kier molecular flexibility index (Phi) is 4.16. The molecule has 0 radical (unpaired) electrons. The van der Waals surface area contributed by atoms with E-state index in [1.807, 2.05) is 0 Å². The smallest absolute Gasteiger partial charge is 0.400 e. The summed E-state index contributed by atoms with van der Waals surface area (Å²) in [4.78, 5) is 0. The Morgan fingerprint density at radius 1 is 0.583 bits per heavy atom. The van der Waals surface area contributed by atoms with Crippen molar-refractivity contribution in [3.8, 4) is 0 Å². The van der Waals surface area contributed by atoms with E-state index in [1.165, 1.54) is 11.1 Å². The van der Waals surface area contributed by atoms with Gasteiger partial charge in [0.15, 0.2) is 0 Å². The van der Waals surface area contributed by atoms with Crippen molar-refractivity contribution in [3.05, 3.63) is 23.1 Å². The summed E-state index contributed by atoms with van der Waals surface area (Å²) in [5, 5.41) is 0. The molecule has 132 valence electrons. The second-order valence-corrected chi connectivity index (χ2v) is 9.25. The van der Waals surface area contributed by atoms with E-state index >= 15 is 0 Å². The molecule has 2 aliphatic heterocycles. The lowest BCUT2D eigenvalue weighted by Gasteiger charge is -2.32. The molecule has 0 bridgehead atoms. The number of hydrogen-bond acceptors (Lipinski definition) is 4. The number of rotatable bonds is 2. The Morgan fingerprint density at radius 2 is 0.833 bits per heavy atom. The standard InChI is InChI=1S/C18H30B2O4/c1-15(2)16(3,4)22-19(21-15)11-13-9-14(10-13)12-20-23-17(5,6)18(7,8)24-20/h11-12H,9-10H2,1-8H3. The van der Waals surface area contributed by atoms with E-state index in [-0.39, 0.29) is 36.6 Å². The zero-order chi connectivity index (χ0) is 18.0. The molecule has 0 spiro atoms. The summed E-state index contributed by atoms with van der Waals surface area (Å²) in [6.07, 6.45) is 1.91. The van der Waals surface area contributed by atoms with Crippen LogP contribution in [0.3, 0.4) is 0 Å². The van der Waals surface area contributed by atoms with Gasteiger partial charge in [-0.1, -0.05) is 23.1 Å².